The summed E-state index contributed by atoms with van der Waals surface area (Å²) >= 11 is 0. The fourth-order valence-electron chi connectivity index (χ4n) is 7.35. The second-order valence-electron chi connectivity index (χ2n) is 12.0. The van der Waals surface area contributed by atoms with Crippen LogP contribution in [-0.2, 0) is 0 Å². The molecule has 10 aromatic rings. The highest BCUT2D eigenvalue weighted by Crippen LogP contribution is 2.43. The van der Waals surface area contributed by atoms with Gasteiger partial charge in [0.1, 0.15) is 22.3 Å². The highest BCUT2D eigenvalue weighted by Gasteiger charge is 2.19. The van der Waals surface area contributed by atoms with Crippen molar-refractivity contribution in [2.75, 3.05) is 0 Å². The summed E-state index contributed by atoms with van der Waals surface area (Å²) in [5, 5.41) is 16.1. The van der Waals surface area contributed by atoms with Crippen LogP contribution in [0.3, 0.4) is 0 Å². The fourth-order valence-corrected chi connectivity index (χ4v) is 7.35. The summed E-state index contributed by atoms with van der Waals surface area (Å²) in [6.45, 7) is 0. The molecule has 0 aliphatic rings. The third-order valence-corrected chi connectivity index (χ3v) is 9.44. The lowest BCUT2D eigenvalue weighted by atomic mass is 9.99. The number of fused-ring (bicyclic) bond motifs is 9. The molecule has 0 amide bonds. The predicted octanol–water partition coefficient (Wildman–Crippen LogP) is 11.8. The van der Waals surface area contributed by atoms with Crippen LogP contribution >= 0.6 is 0 Å². The van der Waals surface area contributed by atoms with E-state index in [-0.39, 0.29) is 0 Å². The Balaban J connectivity index is 1.18. The van der Waals surface area contributed by atoms with Crippen molar-refractivity contribution in [2.45, 2.75) is 0 Å². The Bertz CT molecular complexity index is 2930. The highest BCUT2D eigenvalue weighted by molar-refractivity contribution is 6.16. The Morgan fingerprint density at radius 2 is 1.04 bits per heavy atom. The maximum absolute atomic E-state index is 9.58. The average Bonchev–Trinajstić information content (AvgIpc) is 3.81. The number of hydrogen-bond acceptors (Lipinski definition) is 3. The fraction of sp³-hybridized carbons (Fsp3) is 0. The first kappa shape index (κ1) is 25.7. The van der Waals surface area contributed by atoms with E-state index in [1.807, 2.05) is 42.5 Å². The topological polar surface area (TPSA) is 55.0 Å². The Kier molecular flexibility index (Phi) is 5.32. The van der Waals surface area contributed by atoms with Gasteiger partial charge in [-0.15, -0.1) is 0 Å². The van der Waals surface area contributed by atoms with Gasteiger partial charge in [0, 0.05) is 54.7 Å². The van der Waals surface area contributed by atoms with Gasteiger partial charge >= 0.3 is 0 Å². The Labute approximate surface area is 268 Å². The number of hydrogen-bond donors (Lipinski definition) is 0. The average molecular weight is 601 g/mol. The van der Waals surface area contributed by atoms with Crippen LogP contribution in [0.1, 0.15) is 5.56 Å². The molecule has 0 aliphatic carbocycles. The standard InChI is InChI=1S/C43H24N2O2/c44-25-26-21-22-39-37(23-26)30-11-1-3-19-38(30)45(39)28-10-5-9-27(24-28)29-13-6-15-33-35-17-8-18-36(43(35)47-41(29)33)34-16-7-14-32-31-12-2-4-20-40(31)46-42(32)34/h1-24H. The summed E-state index contributed by atoms with van der Waals surface area (Å²) in [4.78, 5) is 0. The lowest BCUT2D eigenvalue weighted by Crippen LogP contribution is -1.94. The molecular formula is C43H24N2O2. The van der Waals surface area contributed by atoms with Crippen molar-refractivity contribution in [2.24, 2.45) is 0 Å². The van der Waals surface area contributed by atoms with Gasteiger partial charge in [0.15, 0.2) is 0 Å². The van der Waals surface area contributed by atoms with Crippen LogP contribution in [-0.4, -0.2) is 4.57 Å². The molecule has 0 spiro atoms. The summed E-state index contributed by atoms with van der Waals surface area (Å²) in [7, 11) is 0. The molecule has 3 aromatic heterocycles. The van der Waals surface area contributed by atoms with Crippen molar-refractivity contribution in [1.29, 1.82) is 5.26 Å². The van der Waals surface area contributed by atoms with Crippen molar-refractivity contribution >= 4 is 65.7 Å². The molecule has 0 bridgehead atoms. The molecule has 3 heterocycles. The Morgan fingerprint density at radius 1 is 0.447 bits per heavy atom. The molecule has 0 saturated carbocycles. The first-order valence-corrected chi connectivity index (χ1v) is 15.7. The third-order valence-electron chi connectivity index (χ3n) is 9.44. The minimum Gasteiger partial charge on any atom is -0.455 e. The predicted molar refractivity (Wildman–Crippen MR) is 191 cm³/mol. The Hall–Kier alpha value is -6.57. The van der Waals surface area contributed by atoms with Gasteiger partial charge in [-0.05, 0) is 48.0 Å². The van der Waals surface area contributed by atoms with Crippen LogP contribution in [0.2, 0.25) is 0 Å². The number of nitriles is 1. The highest BCUT2D eigenvalue weighted by atomic mass is 16.3. The molecule has 0 N–H and O–H groups in total. The second-order valence-corrected chi connectivity index (χ2v) is 12.0. The van der Waals surface area contributed by atoms with E-state index in [0.29, 0.717) is 5.56 Å². The largest absolute Gasteiger partial charge is 0.455 e. The quantitative estimate of drug-likeness (QED) is 0.203. The van der Waals surface area contributed by atoms with Crippen molar-refractivity contribution < 1.29 is 8.83 Å². The summed E-state index contributed by atoms with van der Waals surface area (Å²) in [6, 6.07) is 52.4. The second kappa shape index (κ2) is 9.71. The van der Waals surface area contributed by atoms with Crippen LogP contribution in [0, 0.1) is 11.3 Å². The van der Waals surface area contributed by atoms with E-state index in [0.717, 1.165) is 93.6 Å². The number of para-hydroxylation sites is 5. The normalized spacial score (nSPS) is 11.8. The summed E-state index contributed by atoms with van der Waals surface area (Å²) < 4.78 is 15.6. The lowest BCUT2D eigenvalue weighted by molar-refractivity contribution is 0.665. The zero-order valence-corrected chi connectivity index (χ0v) is 25.1. The van der Waals surface area contributed by atoms with Gasteiger partial charge in [-0.2, -0.15) is 5.26 Å². The number of furan rings is 2. The van der Waals surface area contributed by atoms with Crippen LogP contribution in [0.15, 0.2) is 154 Å². The maximum Gasteiger partial charge on any atom is 0.143 e. The molecule has 0 aliphatic heterocycles. The van der Waals surface area contributed by atoms with Gasteiger partial charge in [-0.1, -0.05) is 103 Å². The van der Waals surface area contributed by atoms with E-state index in [2.05, 4.69) is 114 Å². The van der Waals surface area contributed by atoms with E-state index in [1.54, 1.807) is 0 Å². The first-order valence-electron chi connectivity index (χ1n) is 15.7. The molecule has 4 nitrogen and oxygen atoms in total. The smallest absolute Gasteiger partial charge is 0.143 e. The van der Waals surface area contributed by atoms with E-state index >= 15 is 0 Å². The molecule has 0 atom stereocenters. The molecule has 4 heteroatoms. The third kappa shape index (κ3) is 3.69. The van der Waals surface area contributed by atoms with Crippen LogP contribution in [0.4, 0.5) is 0 Å². The molecule has 7 aromatic carbocycles. The van der Waals surface area contributed by atoms with Crippen LogP contribution < -0.4 is 0 Å². The molecule has 0 saturated heterocycles. The van der Waals surface area contributed by atoms with Crippen molar-refractivity contribution in [1.82, 2.24) is 4.57 Å². The Morgan fingerprint density at radius 3 is 1.83 bits per heavy atom. The van der Waals surface area contributed by atoms with Crippen LogP contribution in [0.25, 0.3) is 93.6 Å². The minimum absolute atomic E-state index is 0.654. The number of nitrogens with zero attached hydrogens (tertiary/aromatic N) is 2. The van der Waals surface area contributed by atoms with Gasteiger partial charge in [0.05, 0.1) is 22.7 Å². The minimum atomic E-state index is 0.654. The van der Waals surface area contributed by atoms with Gasteiger partial charge in [-0.25, -0.2) is 0 Å². The van der Waals surface area contributed by atoms with E-state index in [9.17, 15) is 5.26 Å². The molecule has 47 heavy (non-hydrogen) atoms. The number of aromatic nitrogens is 1. The first-order chi connectivity index (χ1) is 23.3. The molecule has 10 rings (SSSR count). The molecular weight excluding hydrogens is 576 g/mol. The van der Waals surface area contributed by atoms with Crippen LogP contribution in [0.5, 0.6) is 0 Å². The number of benzene rings is 7. The van der Waals surface area contributed by atoms with Gasteiger partial charge in [0.25, 0.3) is 0 Å². The summed E-state index contributed by atoms with van der Waals surface area (Å²) in [5.74, 6) is 0. The van der Waals surface area contributed by atoms with E-state index < -0.39 is 0 Å². The van der Waals surface area contributed by atoms with Crippen molar-refractivity contribution in [3.8, 4) is 34.0 Å². The van der Waals surface area contributed by atoms with Crippen molar-refractivity contribution in [3.05, 3.63) is 151 Å². The number of rotatable bonds is 3. The van der Waals surface area contributed by atoms with Gasteiger partial charge < -0.3 is 13.4 Å². The summed E-state index contributed by atoms with van der Waals surface area (Å²) in [6.07, 6.45) is 0. The SMILES string of the molecule is N#Cc1ccc2c(c1)c1ccccc1n2-c1cccc(-c2cccc3c2oc2c(-c4cccc5c4oc4ccccc45)cccc23)c1. The lowest BCUT2D eigenvalue weighted by Gasteiger charge is -2.10. The van der Waals surface area contributed by atoms with E-state index in [1.165, 1.54) is 0 Å². The van der Waals surface area contributed by atoms with Gasteiger partial charge in [-0.3, -0.25) is 0 Å². The zero-order valence-electron chi connectivity index (χ0n) is 25.1. The summed E-state index contributed by atoms with van der Waals surface area (Å²) in [5.41, 5.74) is 11.4. The molecule has 0 radical (unpaired) electrons. The monoisotopic (exact) mass is 600 g/mol. The van der Waals surface area contributed by atoms with E-state index in [4.69, 9.17) is 8.83 Å². The zero-order chi connectivity index (χ0) is 31.1. The molecule has 0 fully saturated rings. The molecule has 218 valence electrons. The molecule has 0 unspecified atom stereocenters. The van der Waals surface area contributed by atoms with Gasteiger partial charge in [0.2, 0.25) is 0 Å². The maximum atomic E-state index is 9.58. The van der Waals surface area contributed by atoms with Crippen molar-refractivity contribution in [3.63, 3.8) is 0 Å².